The summed E-state index contributed by atoms with van der Waals surface area (Å²) in [5.41, 5.74) is 0. The molecule has 0 aromatic carbocycles. The zero-order valence-corrected chi connectivity index (χ0v) is 66.7. The van der Waals surface area contributed by atoms with Crippen molar-refractivity contribution in [2.45, 2.75) is 333 Å². The Balaban J connectivity index is 0.000000557. The van der Waals surface area contributed by atoms with Crippen molar-refractivity contribution in [3.63, 3.8) is 0 Å². The van der Waals surface area contributed by atoms with Gasteiger partial charge in [-0.1, -0.05) is 19.8 Å². The Bertz CT molecular complexity index is 2890. The monoisotopic (exact) mass is 1710 g/mol. The van der Waals surface area contributed by atoms with Crippen molar-refractivity contribution in [1.29, 1.82) is 0 Å². The average molecular weight is 1720 g/mol. The first-order valence-electron chi connectivity index (χ1n) is 40.5. The van der Waals surface area contributed by atoms with Crippen LogP contribution in [0.4, 0.5) is 0 Å². The van der Waals surface area contributed by atoms with Crippen LogP contribution in [-0.4, -0.2) is 419 Å². The van der Waals surface area contributed by atoms with E-state index in [1.54, 1.807) is 0 Å². The van der Waals surface area contributed by atoms with E-state index in [2.05, 4.69) is 31.9 Å². The van der Waals surface area contributed by atoms with E-state index in [1.807, 2.05) is 13.8 Å². The van der Waals surface area contributed by atoms with E-state index in [1.165, 1.54) is 6.92 Å². The van der Waals surface area contributed by atoms with Gasteiger partial charge in [0.25, 0.3) is 0 Å². The minimum atomic E-state index is -1.97. The summed E-state index contributed by atoms with van der Waals surface area (Å²) >= 11 is 0. The maximum Gasteiger partial charge on any atom is 0.242 e. The summed E-state index contributed by atoms with van der Waals surface area (Å²) in [5, 5.41) is 221. The van der Waals surface area contributed by atoms with Gasteiger partial charge in [0.1, 0.15) is 152 Å². The summed E-state index contributed by atoms with van der Waals surface area (Å²) in [4.78, 5) is 86.9. The van der Waals surface area contributed by atoms with Gasteiger partial charge < -0.3 is 191 Å². The highest BCUT2D eigenvalue weighted by Crippen LogP contribution is 2.33. The molecule has 0 radical (unpaired) electrons. The first-order valence-corrected chi connectivity index (χ1v) is 40.5. The van der Waals surface area contributed by atoms with Crippen LogP contribution in [0.1, 0.15) is 143 Å². The molecule has 0 spiro atoms. The molecular weight excluding hydrogens is 1580 g/mol. The summed E-state index contributed by atoms with van der Waals surface area (Å²) in [5.74, 6) is -1.67. The van der Waals surface area contributed by atoms with Crippen LogP contribution >= 0.6 is 0 Å². The Labute approximate surface area is 682 Å². The third-order valence-electron chi connectivity index (χ3n) is 20.4. The second-order valence-corrected chi connectivity index (χ2v) is 29.7. The zero-order chi connectivity index (χ0) is 87.3. The summed E-state index contributed by atoms with van der Waals surface area (Å²) in [6.45, 7) is 1.78. The molecule has 6 amide bonds. The van der Waals surface area contributed by atoms with Crippen molar-refractivity contribution < 1.29 is 193 Å². The summed E-state index contributed by atoms with van der Waals surface area (Å²) < 4.78 is 66.1. The lowest BCUT2D eigenvalue weighted by Crippen LogP contribution is -2.65. The van der Waals surface area contributed by atoms with Crippen molar-refractivity contribution in [2.24, 2.45) is 0 Å². The fourth-order valence-electron chi connectivity index (χ4n) is 13.4. The third-order valence-corrected chi connectivity index (χ3v) is 20.4. The molecular formula is C73H130N6O39. The number of unbranched alkanes of at least 4 members (excludes halogenated alkanes) is 6. The SMILES string of the molecule is CCCC(=O)CCCCC(=O)NCCO[C@H]1O[C@H](CO)[C@@H](O)[C@H](O[C@H]2O[C@H](CO)[C@@H](O)[C@H](O)[C@@H]2O)[C@@H]1O.CCNC(=O)CCCCCCC(=O)N[C@@H](CCCCNC(=O)CCCCC(=O)NCCO[C@@H]1O[C@@H](C)[C@@H](O)[C@@H](O)[C@@H]1O)C(=O)NCCO[C@H]1O[C@H](CO[C@H]2O[C@H](CO)[C@@H](O)[C@H](O)[C@@H]2O)[C@@H](O)[C@H](O[C@H]2O[C@H](CO)[C@@H](O)[C@H](O)[C@@H]2O)[C@@H]1O. The number of rotatable bonds is 50. The number of Topliss-reactive ketones (excluding diaryl/α,β-unsaturated/α-hetero) is 1. The lowest BCUT2D eigenvalue weighted by molar-refractivity contribution is -0.366. The standard InChI is InChI=1S/C50H89N5O26.C23H41NO13/c1-3-51-30(58)13-6-4-5-7-16-33(61)55-26(12-10-11-17-52-31(59)14-8-9-15-32(60)53-18-20-74-47-41(69)38(66)34(62)25(2)77-47)46(73)54-19-21-75-49-44(72)45(81-50-43(71)40(68)36(64)28(23-57)79-50)37(65)29(80-49)24-76-48-42(70)39(67)35(63)27(22-56)78-48;1-2-5-12(27)6-3-4-7-15(28)24-8-9-34-22-20(33)21(17(30)14(11-26)35-22)37-23-19(32)18(31)16(29)13(10-25)36-23/h25-29,34-45,47-50,56-57,62-72H,3-24H2,1-2H3,(H,51,58)(H,52,59)(H,53,60)(H,54,73)(H,55,61);13-14,16-23,25-26,29-33H,2-11H2,1H3,(H,24,28)/t25-,26-,27+,28+,29+,34+,35+,36+,37+,38+,39-,40-,41-,42-,43-,44-,45-,47+,48-,49-,50+;13-,14-,16-,17-,18+,19+,20+,21+,22+,23-/m01/s1. The number of hydrogen-bond acceptors (Lipinski definition) is 39. The molecule has 26 N–H and O–H groups in total. The number of hydrogen-bond donors (Lipinski definition) is 26. The Morgan fingerprint density at radius 3 is 1.11 bits per heavy atom. The van der Waals surface area contributed by atoms with Gasteiger partial charge in [-0.15, -0.1) is 0 Å². The molecule has 0 aromatic heterocycles. The highest BCUT2D eigenvalue weighted by Gasteiger charge is 2.54. The Kier molecular flexibility index (Phi) is 48.1. The van der Waals surface area contributed by atoms with Crippen LogP contribution in [0.3, 0.4) is 0 Å². The van der Waals surface area contributed by atoms with Gasteiger partial charge in [-0.05, 0) is 78.1 Å². The summed E-state index contributed by atoms with van der Waals surface area (Å²) in [6, 6.07) is -1.05. The van der Waals surface area contributed by atoms with Crippen LogP contribution in [0.5, 0.6) is 0 Å². The molecule has 45 heteroatoms. The van der Waals surface area contributed by atoms with E-state index in [9.17, 15) is 136 Å². The van der Waals surface area contributed by atoms with Crippen LogP contribution < -0.4 is 31.9 Å². The number of carbonyl (C=O) groups excluding carboxylic acids is 7. The largest absolute Gasteiger partial charge is 0.394 e. The van der Waals surface area contributed by atoms with Crippen LogP contribution in [0.15, 0.2) is 0 Å². The minimum Gasteiger partial charge on any atom is -0.394 e. The fourth-order valence-corrected chi connectivity index (χ4v) is 13.4. The topological polar surface area (TPSA) is 707 Å². The Morgan fingerprint density at radius 2 is 0.669 bits per heavy atom. The first kappa shape index (κ1) is 104. The second kappa shape index (κ2) is 54.7. The van der Waals surface area contributed by atoms with E-state index in [0.29, 0.717) is 90.0 Å². The van der Waals surface area contributed by atoms with E-state index in [-0.39, 0.29) is 108 Å². The van der Waals surface area contributed by atoms with Crippen molar-refractivity contribution in [2.75, 3.05) is 85.6 Å². The van der Waals surface area contributed by atoms with Crippen LogP contribution in [-0.2, 0) is 90.4 Å². The molecule has 6 aliphatic rings. The zero-order valence-electron chi connectivity index (χ0n) is 66.7. The van der Waals surface area contributed by atoms with Gasteiger partial charge in [-0.25, -0.2) is 0 Å². The molecule has 6 aliphatic heterocycles. The number of amides is 6. The van der Waals surface area contributed by atoms with E-state index in [0.717, 1.165) is 6.42 Å². The number of aliphatic hydroxyl groups is 20. The highest BCUT2D eigenvalue weighted by atomic mass is 16.8. The van der Waals surface area contributed by atoms with Gasteiger partial charge in [0.15, 0.2) is 37.7 Å². The quantitative estimate of drug-likeness (QED) is 0.0252. The maximum absolute atomic E-state index is 13.6. The van der Waals surface area contributed by atoms with Gasteiger partial charge in [-0.3, -0.25) is 33.6 Å². The number of ether oxygens (including phenoxy) is 12. The van der Waals surface area contributed by atoms with E-state index < -0.39 is 235 Å². The Morgan fingerprint density at radius 1 is 0.322 bits per heavy atom. The van der Waals surface area contributed by atoms with Gasteiger partial charge in [0.2, 0.25) is 35.4 Å². The van der Waals surface area contributed by atoms with Gasteiger partial charge >= 0.3 is 0 Å². The van der Waals surface area contributed by atoms with Crippen molar-refractivity contribution in [3.8, 4) is 0 Å². The molecule has 0 bridgehead atoms. The third kappa shape index (κ3) is 33.0. The van der Waals surface area contributed by atoms with Gasteiger partial charge in [0.05, 0.1) is 59.0 Å². The van der Waals surface area contributed by atoms with Gasteiger partial charge in [0, 0.05) is 77.7 Å². The molecule has 0 unspecified atom stereocenters. The fraction of sp³-hybridized carbons (Fsp3) is 0.904. The van der Waals surface area contributed by atoms with E-state index >= 15 is 0 Å². The molecule has 0 aromatic rings. The van der Waals surface area contributed by atoms with Crippen LogP contribution in [0, 0.1) is 0 Å². The first-order chi connectivity index (χ1) is 56.3. The van der Waals surface area contributed by atoms with Gasteiger partial charge in [-0.2, -0.15) is 0 Å². The number of aliphatic hydroxyl groups excluding tert-OH is 20. The smallest absolute Gasteiger partial charge is 0.242 e. The Hall–Kier alpha value is -4.79. The molecule has 0 saturated carbocycles. The average Bonchev–Trinajstić information content (AvgIpc) is 0.776. The van der Waals surface area contributed by atoms with E-state index in [4.69, 9.17) is 56.8 Å². The second-order valence-electron chi connectivity index (χ2n) is 29.7. The number of ketones is 1. The predicted molar refractivity (Wildman–Crippen MR) is 397 cm³/mol. The van der Waals surface area contributed by atoms with Crippen molar-refractivity contribution >= 4 is 41.2 Å². The summed E-state index contributed by atoms with van der Waals surface area (Å²) in [6.07, 6.45) is -39.6. The molecule has 686 valence electrons. The molecule has 45 nitrogen and oxygen atoms in total. The number of carbonyl (C=O) groups is 7. The van der Waals surface area contributed by atoms with Crippen molar-refractivity contribution in [1.82, 2.24) is 31.9 Å². The predicted octanol–water partition coefficient (Wildman–Crippen LogP) is -11.0. The minimum absolute atomic E-state index is 0.0296. The molecule has 6 rings (SSSR count). The lowest BCUT2D eigenvalue weighted by Gasteiger charge is -2.46. The highest BCUT2D eigenvalue weighted by molar-refractivity contribution is 5.87. The lowest BCUT2D eigenvalue weighted by atomic mass is 9.96. The molecule has 118 heavy (non-hydrogen) atoms. The molecule has 6 heterocycles. The number of nitrogens with one attached hydrogen (secondary N) is 6. The van der Waals surface area contributed by atoms with Crippen LogP contribution in [0.2, 0.25) is 0 Å². The molecule has 31 atom stereocenters. The molecule has 6 fully saturated rings. The summed E-state index contributed by atoms with van der Waals surface area (Å²) in [7, 11) is 0. The molecule has 6 saturated heterocycles. The normalized spacial score (nSPS) is 35.2. The molecule has 0 aliphatic carbocycles. The van der Waals surface area contributed by atoms with Crippen LogP contribution in [0.25, 0.3) is 0 Å². The maximum atomic E-state index is 13.6. The van der Waals surface area contributed by atoms with Crippen molar-refractivity contribution in [3.05, 3.63) is 0 Å².